The Labute approximate surface area is 123 Å². The average molecular weight is 326 g/mol. The first-order valence-corrected chi connectivity index (χ1v) is 7.07. The normalized spacial score (nSPS) is 12.4. The molecule has 0 saturated heterocycles. The zero-order valence-corrected chi connectivity index (χ0v) is 12.8. The Morgan fingerprint density at radius 3 is 2.84 bits per heavy atom. The molecule has 0 aliphatic rings. The highest BCUT2D eigenvalue weighted by atomic mass is 79.9. The van der Waals surface area contributed by atoms with Gasteiger partial charge in [-0.15, -0.1) is 0 Å². The second kappa shape index (κ2) is 9.05. The SMILES string of the molecule is COCCN(CCC#N)C(CN)c1cccc(Br)c1. The third-order valence-corrected chi connectivity index (χ3v) is 3.48. The molecule has 0 heterocycles. The first-order chi connectivity index (χ1) is 9.22. The fourth-order valence-electron chi connectivity index (χ4n) is 2.04. The number of methoxy groups -OCH3 is 1. The summed E-state index contributed by atoms with van der Waals surface area (Å²) in [6.45, 7) is 2.63. The highest BCUT2D eigenvalue weighted by Gasteiger charge is 2.18. The molecular weight excluding hydrogens is 306 g/mol. The standard InChI is InChI=1S/C14H20BrN3O/c1-19-9-8-18(7-3-6-16)14(11-17)12-4-2-5-13(15)10-12/h2,4-5,10,14H,3,7-9,11,17H2,1H3. The third kappa shape index (κ3) is 5.29. The minimum absolute atomic E-state index is 0.112. The number of halogens is 1. The molecule has 1 atom stereocenters. The number of benzene rings is 1. The number of nitrogens with zero attached hydrogens (tertiary/aromatic N) is 2. The van der Waals surface area contributed by atoms with E-state index in [1.165, 1.54) is 0 Å². The van der Waals surface area contributed by atoms with Gasteiger partial charge in [0.2, 0.25) is 0 Å². The lowest BCUT2D eigenvalue weighted by atomic mass is 10.1. The largest absolute Gasteiger partial charge is 0.383 e. The Morgan fingerprint density at radius 2 is 2.26 bits per heavy atom. The van der Waals surface area contributed by atoms with E-state index in [1.807, 2.05) is 12.1 Å². The maximum atomic E-state index is 8.76. The molecule has 0 aromatic heterocycles. The van der Waals surface area contributed by atoms with Crippen LogP contribution in [0.5, 0.6) is 0 Å². The number of ether oxygens (including phenoxy) is 1. The number of nitriles is 1. The summed E-state index contributed by atoms with van der Waals surface area (Å²) in [5, 5.41) is 8.76. The van der Waals surface area contributed by atoms with Crippen LogP contribution in [0.15, 0.2) is 28.7 Å². The van der Waals surface area contributed by atoms with Gasteiger partial charge in [0, 0.05) is 43.7 Å². The number of rotatable bonds is 8. The molecule has 5 heteroatoms. The molecular formula is C14H20BrN3O. The summed E-state index contributed by atoms with van der Waals surface area (Å²) >= 11 is 3.48. The fourth-order valence-corrected chi connectivity index (χ4v) is 2.45. The average Bonchev–Trinajstić information content (AvgIpc) is 2.42. The van der Waals surface area contributed by atoms with Crippen molar-refractivity contribution in [1.29, 1.82) is 5.26 Å². The lowest BCUT2D eigenvalue weighted by Crippen LogP contribution is -2.36. The second-order valence-corrected chi connectivity index (χ2v) is 5.16. The zero-order valence-electron chi connectivity index (χ0n) is 11.2. The van der Waals surface area contributed by atoms with Crippen LogP contribution in [0.3, 0.4) is 0 Å². The van der Waals surface area contributed by atoms with Gasteiger partial charge in [-0.25, -0.2) is 0 Å². The summed E-state index contributed by atoms with van der Waals surface area (Å²) in [6, 6.07) is 10.4. The van der Waals surface area contributed by atoms with Crippen LogP contribution in [-0.4, -0.2) is 38.3 Å². The molecule has 0 radical (unpaired) electrons. The number of nitrogens with two attached hydrogens (primary N) is 1. The lowest BCUT2D eigenvalue weighted by Gasteiger charge is -2.30. The summed E-state index contributed by atoms with van der Waals surface area (Å²) in [5.74, 6) is 0. The fraction of sp³-hybridized carbons (Fsp3) is 0.500. The van der Waals surface area contributed by atoms with Crippen LogP contribution in [0.1, 0.15) is 18.0 Å². The van der Waals surface area contributed by atoms with Crippen LogP contribution in [0.25, 0.3) is 0 Å². The van der Waals surface area contributed by atoms with Crippen molar-refractivity contribution in [2.24, 2.45) is 5.73 Å². The van der Waals surface area contributed by atoms with Crippen LogP contribution in [0.4, 0.5) is 0 Å². The maximum absolute atomic E-state index is 8.76. The Morgan fingerprint density at radius 1 is 1.47 bits per heavy atom. The second-order valence-electron chi connectivity index (χ2n) is 4.24. The van der Waals surface area contributed by atoms with Crippen molar-refractivity contribution in [3.8, 4) is 6.07 Å². The van der Waals surface area contributed by atoms with Crippen LogP contribution in [-0.2, 0) is 4.74 Å². The van der Waals surface area contributed by atoms with Crippen LogP contribution < -0.4 is 5.73 Å². The molecule has 0 aliphatic heterocycles. The van der Waals surface area contributed by atoms with E-state index in [4.69, 9.17) is 15.7 Å². The molecule has 19 heavy (non-hydrogen) atoms. The number of hydrogen-bond donors (Lipinski definition) is 1. The summed E-state index contributed by atoms with van der Waals surface area (Å²) in [7, 11) is 1.68. The van der Waals surface area contributed by atoms with E-state index in [2.05, 4.69) is 39.0 Å². The van der Waals surface area contributed by atoms with Crippen LogP contribution >= 0.6 is 15.9 Å². The van der Waals surface area contributed by atoms with Gasteiger partial charge in [0.1, 0.15) is 0 Å². The van der Waals surface area contributed by atoms with Gasteiger partial charge in [-0.1, -0.05) is 28.1 Å². The molecule has 0 fully saturated rings. The van der Waals surface area contributed by atoms with Gasteiger partial charge in [-0.05, 0) is 17.7 Å². The van der Waals surface area contributed by atoms with Crippen LogP contribution in [0.2, 0.25) is 0 Å². The predicted molar refractivity (Wildman–Crippen MR) is 79.6 cm³/mol. The van der Waals surface area contributed by atoms with Crippen molar-refractivity contribution in [3.05, 3.63) is 34.3 Å². The molecule has 0 aliphatic carbocycles. The smallest absolute Gasteiger partial charge is 0.0635 e. The Kier molecular flexibility index (Phi) is 7.68. The van der Waals surface area contributed by atoms with Crippen molar-refractivity contribution in [3.63, 3.8) is 0 Å². The van der Waals surface area contributed by atoms with E-state index in [1.54, 1.807) is 7.11 Å². The minimum Gasteiger partial charge on any atom is -0.383 e. The summed E-state index contributed by atoms with van der Waals surface area (Å²) in [6.07, 6.45) is 0.494. The summed E-state index contributed by atoms with van der Waals surface area (Å²) in [5.41, 5.74) is 7.08. The van der Waals surface area contributed by atoms with Gasteiger partial charge < -0.3 is 10.5 Å². The first-order valence-electron chi connectivity index (χ1n) is 6.28. The van der Waals surface area contributed by atoms with Gasteiger partial charge in [-0.3, -0.25) is 4.90 Å². The first kappa shape index (κ1) is 16.1. The molecule has 2 N–H and O–H groups in total. The van der Waals surface area contributed by atoms with Crippen LogP contribution in [0, 0.1) is 11.3 Å². The molecule has 1 rings (SSSR count). The zero-order chi connectivity index (χ0) is 14.1. The number of hydrogen-bond acceptors (Lipinski definition) is 4. The van der Waals surface area contributed by atoms with Gasteiger partial charge in [0.25, 0.3) is 0 Å². The lowest BCUT2D eigenvalue weighted by molar-refractivity contribution is 0.123. The highest BCUT2D eigenvalue weighted by Crippen LogP contribution is 2.23. The quantitative estimate of drug-likeness (QED) is 0.796. The van der Waals surface area contributed by atoms with Gasteiger partial charge >= 0.3 is 0 Å². The predicted octanol–water partition coefficient (Wildman–Crippen LogP) is 2.31. The van der Waals surface area contributed by atoms with E-state index in [0.29, 0.717) is 26.1 Å². The highest BCUT2D eigenvalue weighted by molar-refractivity contribution is 9.10. The van der Waals surface area contributed by atoms with E-state index < -0.39 is 0 Å². The van der Waals surface area contributed by atoms with Crippen molar-refractivity contribution >= 4 is 15.9 Å². The molecule has 1 unspecified atom stereocenters. The van der Waals surface area contributed by atoms with Gasteiger partial charge in [-0.2, -0.15) is 5.26 Å². The van der Waals surface area contributed by atoms with Crippen molar-refractivity contribution < 1.29 is 4.74 Å². The molecule has 1 aromatic carbocycles. The van der Waals surface area contributed by atoms with Crippen molar-refractivity contribution in [1.82, 2.24) is 4.90 Å². The van der Waals surface area contributed by atoms with Gasteiger partial charge in [0.15, 0.2) is 0 Å². The monoisotopic (exact) mass is 325 g/mol. The Hall–Kier alpha value is -0.930. The Bertz CT molecular complexity index is 419. The van der Waals surface area contributed by atoms with E-state index in [-0.39, 0.29) is 6.04 Å². The third-order valence-electron chi connectivity index (χ3n) is 2.99. The van der Waals surface area contributed by atoms with Gasteiger partial charge in [0.05, 0.1) is 12.7 Å². The van der Waals surface area contributed by atoms with E-state index in [9.17, 15) is 0 Å². The topological polar surface area (TPSA) is 62.3 Å². The molecule has 104 valence electrons. The molecule has 1 aromatic rings. The summed E-state index contributed by atoms with van der Waals surface area (Å²) < 4.78 is 6.17. The van der Waals surface area contributed by atoms with Crippen molar-refractivity contribution in [2.75, 3.05) is 33.4 Å². The van der Waals surface area contributed by atoms with E-state index >= 15 is 0 Å². The molecule has 0 saturated carbocycles. The maximum Gasteiger partial charge on any atom is 0.0635 e. The van der Waals surface area contributed by atoms with E-state index in [0.717, 1.165) is 16.6 Å². The summed E-state index contributed by atoms with van der Waals surface area (Å²) in [4.78, 5) is 2.20. The Balaban J connectivity index is 2.85. The van der Waals surface area contributed by atoms with Crippen molar-refractivity contribution in [2.45, 2.75) is 12.5 Å². The molecule has 0 spiro atoms. The molecule has 4 nitrogen and oxygen atoms in total. The molecule has 0 bridgehead atoms. The minimum atomic E-state index is 0.112. The molecule has 0 amide bonds.